The van der Waals surface area contributed by atoms with Crippen LogP contribution in [0.15, 0.2) is 0 Å². The van der Waals surface area contributed by atoms with Gasteiger partial charge in [-0.25, -0.2) is 0 Å². The average Bonchev–Trinajstić information content (AvgIpc) is 2.84. The highest BCUT2D eigenvalue weighted by Crippen LogP contribution is 2.27. The molecule has 0 bridgehead atoms. The van der Waals surface area contributed by atoms with E-state index in [1.54, 1.807) is 6.92 Å². The highest BCUT2D eigenvalue weighted by atomic mass is 16.5. The number of hydrogen-bond donors (Lipinski definition) is 1. The zero-order valence-corrected chi connectivity index (χ0v) is 10.1. The Kier molecular flexibility index (Phi) is 3.50. The molecule has 2 saturated heterocycles. The van der Waals surface area contributed by atoms with Gasteiger partial charge in [0.2, 0.25) is 5.91 Å². The smallest absolute Gasteiger partial charge is 0.228 e. The number of amides is 1. The molecule has 2 heterocycles. The molecule has 0 aromatic heterocycles. The summed E-state index contributed by atoms with van der Waals surface area (Å²) < 4.78 is 5.42. The van der Waals surface area contributed by atoms with E-state index in [0.717, 1.165) is 19.4 Å². The van der Waals surface area contributed by atoms with Crippen LogP contribution in [0.4, 0.5) is 0 Å². The largest absolute Gasteiger partial charge is 0.393 e. The van der Waals surface area contributed by atoms with Crippen LogP contribution >= 0.6 is 0 Å². The summed E-state index contributed by atoms with van der Waals surface area (Å²) in [6.45, 7) is 5.97. The molecule has 0 aromatic carbocycles. The quantitative estimate of drug-likeness (QED) is 0.753. The molecule has 4 heteroatoms. The second-order valence-corrected chi connectivity index (χ2v) is 5.04. The van der Waals surface area contributed by atoms with Crippen LogP contribution in [0.2, 0.25) is 0 Å². The van der Waals surface area contributed by atoms with Crippen molar-refractivity contribution >= 4 is 5.91 Å². The number of rotatable bonds is 2. The van der Waals surface area contributed by atoms with E-state index in [2.05, 4.69) is 0 Å². The Morgan fingerprint density at radius 2 is 2.25 bits per heavy atom. The molecular weight excluding hydrogens is 206 g/mol. The molecule has 16 heavy (non-hydrogen) atoms. The summed E-state index contributed by atoms with van der Waals surface area (Å²) in [7, 11) is 0. The standard InChI is InChI=1S/C12H21NO3/c1-8(14)10-3-5-13(7-10)12(15)11-4-6-16-9(11)2/h8-11,14H,3-7H2,1-2H3. The number of likely N-dealkylation sites (tertiary alicyclic amines) is 1. The van der Waals surface area contributed by atoms with E-state index < -0.39 is 0 Å². The number of carbonyl (C=O) groups excluding carboxylic acids is 1. The first-order chi connectivity index (χ1) is 7.59. The number of aliphatic hydroxyl groups excluding tert-OH is 1. The lowest BCUT2D eigenvalue weighted by molar-refractivity contribution is -0.136. The van der Waals surface area contributed by atoms with Crippen LogP contribution in [-0.4, -0.2) is 47.8 Å². The van der Waals surface area contributed by atoms with Crippen molar-refractivity contribution in [3.05, 3.63) is 0 Å². The molecule has 0 spiro atoms. The molecule has 0 aromatic rings. The molecule has 92 valence electrons. The van der Waals surface area contributed by atoms with E-state index in [9.17, 15) is 9.90 Å². The first-order valence-electron chi connectivity index (χ1n) is 6.18. The number of hydrogen-bond acceptors (Lipinski definition) is 3. The Morgan fingerprint density at radius 1 is 1.50 bits per heavy atom. The second-order valence-electron chi connectivity index (χ2n) is 5.04. The fourth-order valence-electron chi connectivity index (χ4n) is 2.67. The lowest BCUT2D eigenvalue weighted by atomic mass is 10.0. The maximum atomic E-state index is 12.2. The molecule has 4 unspecified atom stereocenters. The van der Waals surface area contributed by atoms with Crippen LogP contribution in [0.3, 0.4) is 0 Å². The predicted octanol–water partition coefficient (Wildman–Crippen LogP) is 0.641. The van der Waals surface area contributed by atoms with Gasteiger partial charge in [-0.3, -0.25) is 4.79 Å². The van der Waals surface area contributed by atoms with Gasteiger partial charge in [-0.2, -0.15) is 0 Å². The molecule has 0 radical (unpaired) electrons. The molecule has 1 amide bonds. The summed E-state index contributed by atoms with van der Waals surface area (Å²) in [5.74, 6) is 0.502. The van der Waals surface area contributed by atoms with E-state index in [1.165, 1.54) is 0 Å². The van der Waals surface area contributed by atoms with Crippen molar-refractivity contribution in [1.29, 1.82) is 0 Å². The molecule has 2 aliphatic rings. The third kappa shape index (κ3) is 2.23. The molecule has 0 aliphatic carbocycles. The predicted molar refractivity (Wildman–Crippen MR) is 59.9 cm³/mol. The molecule has 2 rings (SSSR count). The van der Waals surface area contributed by atoms with E-state index in [-0.39, 0.29) is 30.0 Å². The van der Waals surface area contributed by atoms with Crippen LogP contribution in [0, 0.1) is 11.8 Å². The van der Waals surface area contributed by atoms with Gasteiger partial charge in [0.1, 0.15) is 0 Å². The Hall–Kier alpha value is -0.610. The lowest BCUT2D eigenvalue weighted by Gasteiger charge is -2.22. The highest BCUT2D eigenvalue weighted by Gasteiger charge is 2.37. The summed E-state index contributed by atoms with van der Waals surface area (Å²) in [5.41, 5.74) is 0. The molecule has 2 aliphatic heterocycles. The Labute approximate surface area is 96.6 Å². The second kappa shape index (κ2) is 4.72. The number of ether oxygens (including phenoxy) is 1. The zero-order chi connectivity index (χ0) is 11.7. The molecule has 0 saturated carbocycles. The van der Waals surface area contributed by atoms with Gasteiger partial charge in [0.15, 0.2) is 0 Å². The molecule has 1 N–H and O–H groups in total. The Morgan fingerprint density at radius 3 is 2.75 bits per heavy atom. The SMILES string of the molecule is CC(O)C1CCN(C(=O)C2CCOC2C)C1. The molecule has 4 atom stereocenters. The maximum Gasteiger partial charge on any atom is 0.228 e. The van der Waals surface area contributed by atoms with Crippen molar-refractivity contribution in [2.75, 3.05) is 19.7 Å². The van der Waals surface area contributed by atoms with Gasteiger partial charge in [-0.1, -0.05) is 0 Å². The van der Waals surface area contributed by atoms with Gasteiger partial charge < -0.3 is 14.7 Å². The fourth-order valence-corrected chi connectivity index (χ4v) is 2.67. The number of carbonyl (C=O) groups is 1. The summed E-state index contributed by atoms with van der Waals surface area (Å²) in [4.78, 5) is 14.1. The molecule has 4 nitrogen and oxygen atoms in total. The van der Waals surface area contributed by atoms with Crippen molar-refractivity contribution in [3.63, 3.8) is 0 Å². The van der Waals surface area contributed by atoms with Crippen molar-refractivity contribution in [2.24, 2.45) is 11.8 Å². The summed E-state index contributed by atoms with van der Waals surface area (Å²) >= 11 is 0. The topological polar surface area (TPSA) is 49.8 Å². The van der Waals surface area contributed by atoms with Gasteiger partial charge >= 0.3 is 0 Å². The van der Waals surface area contributed by atoms with Crippen molar-refractivity contribution in [3.8, 4) is 0 Å². The average molecular weight is 227 g/mol. The minimum absolute atomic E-state index is 0.0350. The maximum absolute atomic E-state index is 12.2. The monoisotopic (exact) mass is 227 g/mol. The van der Waals surface area contributed by atoms with Crippen LogP contribution in [0.25, 0.3) is 0 Å². The van der Waals surface area contributed by atoms with Gasteiger partial charge in [0.05, 0.1) is 18.1 Å². The van der Waals surface area contributed by atoms with E-state index >= 15 is 0 Å². The zero-order valence-electron chi connectivity index (χ0n) is 10.1. The number of aliphatic hydroxyl groups is 1. The van der Waals surface area contributed by atoms with Crippen LogP contribution in [-0.2, 0) is 9.53 Å². The Bertz CT molecular complexity index is 267. The normalized spacial score (nSPS) is 36.7. The van der Waals surface area contributed by atoms with Gasteiger partial charge in [-0.15, -0.1) is 0 Å². The van der Waals surface area contributed by atoms with Crippen LogP contribution in [0.5, 0.6) is 0 Å². The minimum Gasteiger partial charge on any atom is -0.393 e. The number of nitrogens with zero attached hydrogens (tertiary/aromatic N) is 1. The van der Waals surface area contributed by atoms with E-state index in [0.29, 0.717) is 13.2 Å². The Balaban J connectivity index is 1.91. The van der Waals surface area contributed by atoms with Gasteiger partial charge in [-0.05, 0) is 26.7 Å². The minimum atomic E-state index is -0.310. The van der Waals surface area contributed by atoms with E-state index in [4.69, 9.17) is 4.74 Å². The first kappa shape index (κ1) is 11.9. The van der Waals surface area contributed by atoms with Gasteiger partial charge in [0.25, 0.3) is 0 Å². The van der Waals surface area contributed by atoms with Crippen molar-refractivity contribution in [2.45, 2.75) is 38.9 Å². The van der Waals surface area contributed by atoms with Crippen LogP contribution in [0.1, 0.15) is 26.7 Å². The first-order valence-corrected chi connectivity index (χ1v) is 6.18. The third-order valence-electron chi connectivity index (χ3n) is 3.91. The van der Waals surface area contributed by atoms with Gasteiger partial charge in [0, 0.05) is 25.6 Å². The van der Waals surface area contributed by atoms with Crippen LogP contribution < -0.4 is 0 Å². The summed E-state index contributed by atoms with van der Waals surface area (Å²) in [6, 6.07) is 0. The van der Waals surface area contributed by atoms with Crippen molar-refractivity contribution in [1.82, 2.24) is 4.90 Å². The summed E-state index contributed by atoms with van der Waals surface area (Å²) in [6.07, 6.45) is 1.51. The fraction of sp³-hybridized carbons (Fsp3) is 0.917. The lowest BCUT2D eigenvalue weighted by Crippen LogP contribution is -2.37. The molecule has 2 fully saturated rings. The summed E-state index contributed by atoms with van der Waals surface area (Å²) in [5, 5.41) is 9.51. The molecular formula is C12H21NO3. The highest BCUT2D eigenvalue weighted by molar-refractivity contribution is 5.80. The third-order valence-corrected chi connectivity index (χ3v) is 3.91. The van der Waals surface area contributed by atoms with E-state index in [1.807, 2.05) is 11.8 Å². The van der Waals surface area contributed by atoms with Crippen molar-refractivity contribution < 1.29 is 14.6 Å².